The lowest BCUT2D eigenvalue weighted by Crippen LogP contribution is -2.38. The molecule has 116 valence electrons. The lowest BCUT2D eigenvalue weighted by molar-refractivity contribution is 0.165. The van der Waals surface area contributed by atoms with Gasteiger partial charge in [-0.1, -0.05) is 0 Å². The number of fused-ring (bicyclic) bond motifs is 1. The van der Waals surface area contributed by atoms with E-state index in [1.807, 2.05) is 12.4 Å². The van der Waals surface area contributed by atoms with Crippen molar-refractivity contribution in [3.8, 4) is 0 Å². The monoisotopic (exact) mass is 328 g/mol. The van der Waals surface area contributed by atoms with Crippen LogP contribution in [0.3, 0.4) is 0 Å². The molecule has 1 saturated heterocycles. The standard InChI is InChI=1S/C14H20N4OS.ClH/c1-15-8-11-3-2-4-17(9-11)10-12-7-13(19)18-5-6-20-14(18)16-12;/h5-7,11,15H,2-4,8-10H2,1H3;1H. The fraction of sp³-hybridized carbons (Fsp3) is 0.571. The smallest absolute Gasteiger partial charge is 0.258 e. The van der Waals surface area contributed by atoms with Crippen LogP contribution < -0.4 is 10.9 Å². The van der Waals surface area contributed by atoms with Gasteiger partial charge in [0.05, 0.1) is 5.69 Å². The summed E-state index contributed by atoms with van der Waals surface area (Å²) in [5.74, 6) is 0.709. The number of nitrogens with zero attached hydrogens (tertiary/aromatic N) is 3. The molecular formula is C14H21ClN4OS. The average Bonchev–Trinajstić information content (AvgIpc) is 2.88. The van der Waals surface area contributed by atoms with Crippen LogP contribution in [0, 0.1) is 5.92 Å². The number of piperidine rings is 1. The summed E-state index contributed by atoms with van der Waals surface area (Å²) in [7, 11) is 2.01. The number of hydrogen-bond acceptors (Lipinski definition) is 5. The molecule has 7 heteroatoms. The molecule has 2 aromatic rings. The van der Waals surface area contributed by atoms with E-state index in [9.17, 15) is 4.79 Å². The van der Waals surface area contributed by atoms with Crippen LogP contribution in [0.15, 0.2) is 22.4 Å². The van der Waals surface area contributed by atoms with Crippen LogP contribution in [0.25, 0.3) is 4.96 Å². The highest BCUT2D eigenvalue weighted by atomic mass is 35.5. The summed E-state index contributed by atoms with van der Waals surface area (Å²) in [6.45, 7) is 4.04. The zero-order valence-corrected chi connectivity index (χ0v) is 13.8. The summed E-state index contributed by atoms with van der Waals surface area (Å²) < 4.78 is 1.61. The number of likely N-dealkylation sites (tertiary alicyclic amines) is 1. The van der Waals surface area contributed by atoms with Gasteiger partial charge in [-0.2, -0.15) is 0 Å². The van der Waals surface area contributed by atoms with Gasteiger partial charge in [-0.25, -0.2) is 4.98 Å². The van der Waals surface area contributed by atoms with Gasteiger partial charge < -0.3 is 5.32 Å². The van der Waals surface area contributed by atoms with Crippen molar-refractivity contribution in [1.82, 2.24) is 19.6 Å². The Morgan fingerprint density at radius 3 is 3.19 bits per heavy atom. The second kappa shape index (κ2) is 7.35. The molecule has 1 aliphatic rings. The SMILES string of the molecule is CNCC1CCCN(Cc2cc(=O)n3ccsc3n2)C1.Cl. The maximum absolute atomic E-state index is 12.0. The van der Waals surface area contributed by atoms with E-state index in [2.05, 4.69) is 15.2 Å². The summed E-state index contributed by atoms with van der Waals surface area (Å²) in [4.78, 5) is 19.8. The number of nitrogens with one attached hydrogen (secondary N) is 1. The Balaban J connectivity index is 0.00000161. The largest absolute Gasteiger partial charge is 0.319 e. The summed E-state index contributed by atoms with van der Waals surface area (Å²) in [6.07, 6.45) is 4.30. The van der Waals surface area contributed by atoms with E-state index >= 15 is 0 Å². The Bertz CT molecular complexity index is 639. The summed E-state index contributed by atoms with van der Waals surface area (Å²) in [5.41, 5.74) is 0.914. The van der Waals surface area contributed by atoms with Gasteiger partial charge in [0.15, 0.2) is 4.96 Å². The van der Waals surface area contributed by atoms with Crippen LogP contribution in [0.4, 0.5) is 0 Å². The molecule has 3 rings (SSSR count). The zero-order valence-electron chi connectivity index (χ0n) is 12.1. The lowest BCUT2D eigenvalue weighted by Gasteiger charge is -2.32. The van der Waals surface area contributed by atoms with Crippen molar-refractivity contribution in [3.63, 3.8) is 0 Å². The minimum Gasteiger partial charge on any atom is -0.319 e. The molecule has 0 saturated carbocycles. The third-order valence-corrected chi connectivity index (χ3v) is 4.59. The third kappa shape index (κ3) is 3.83. The molecule has 1 atom stereocenters. The number of thiazole rings is 1. The van der Waals surface area contributed by atoms with E-state index in [4.69, 9.17) is 0 Å². The van der Waals surface area contributed by atoms with Crippen molar-refractivity contribution in [1.29, 1.82) is 0 Å². The maximum atomic E-state index is 12.0. The number of hydrogen-bond donors (Lipinski definition) is 1. The van der Waals surface area contributed by atoms with Crippen molar-refractivity contribution >= 4 is 28.7 Å². The van der Waals surface area contributed by atoms with Crippen LogP contribution in [-0.2, 0) is 6.54 Å². The zero-order chi connectivity index (χ0) is 13.9. The van der Waals surface area contributed by atoms with E-state index in [-0.39, 0.29) is 18.0 Å². The van der Waals surface area contributed by atoms with Crippen molar-refractivity contribution in [3.05, 3.63) is 33.7 Å². The van der Waals surface area contributed by atoms with Gasteiger partial charge in [-0.05, 0) is 38.9 Å². The topological polar surface area (TPSA) is 49.6 Å². The van der Waals surface area contributed by atoms with Gasteiger partial charge in [0.1, 0.15) is 0 Å². The van der Waals surface area contributed by atoms with Crippen LogP contribution in [0.2, 0.25) is 0 Å². The normalized spacial score (nSPS) is 19.6. The van der Waals surface area contributed by atoms with Gasteiger partial charge >= 0.3 is 0 Å². The Morgan fingerprint density at radius 1 is 1.52 bits per heavy atom. The van der Waals surface area contributed by atoms with E-state index in [1.165, 1.54) is 24.2 Å². The highest BCUT2D eigenvalue weighted by Gasteiger charge is 2.20. The summed E-state index contributed by atoms with van der Waals surface area (Å²) in [6, 6.07) is 1.67. The van der Waals surface area contributed by atoms with Crippen molar-refractivity contribution in [2.45, 2.75) is 19.4 Å². The molecule has 0 amide bonds. The molecule has 5 nitrogen and oxygen atoms in total. The van der Waals surface area contributed by atoms with Gasteiger partial charge in [0.2, 0.25) is 0 Å². The Morgan fingerprint density at radius 2 is 2.38 bits per heavy atom. The Kier molecular flexibility index (Phi) is 5.75. The highest BCUT2D eigenvalue weighted by Crippen LogP contribution is 2.17. The van der Waals surface area contributed by atoms with Crippen LogP contribution >= 0.6 is 23.7 Å². The molecule has 0 radical (unpaired) electrons. The van der Waals surface area contributed by atoms with E-state index in [0.29, 0.717) is 5.92 Å². The fourth-order valence-electron chi connectivity index (χ4n) is 2.95. The van der Waals surface area contributed by atoms with Crippen LogP contribution in [0.5, 0.6) is 0 Å². The van der Waals surface area contributed by atoms with Gasteiger partial charge in [-0.15, -0.1) is 23.7 Å². The molecule has 3 heterocycles. The van der Waals surface area contributed by atoms with Crippen molar-refractivity contribution in [2.75, 3.05) is 26.7 Å². The molecule has 1 fully saturated rings. The number of aromatic nitrogens is 2. The molecule has 1 unspecified atom stereocenters. The first-order valence-corrected chi connectivity index (χ1v) is 7.97. The van der Waals surface area contributed by atoms with Gasteiger partial charge in [0, 0.05) is 30.7 Å². The Hall–Kier alpha value is -0.950. The minimum atomic E-state index is 0. The first-order valence-electron chi connectivity index (χ1n) is 7.09. The molecule has 0 spiro atoms. The quantitative estimate of drug-likeness (QED) is 0.926. The van der Waals surface area contributed by atoms with E-state index < -0.39 is 0 Å². The lowest BCUT2D eigenvalue weighted by atomic mass is 9.98. The second-order valence-electron chi connectivity index (χ2n) is 5.44. The predicted molar refractivity (Wildman–Crippen MR) is 88.5 cm³/mol. The van der Waals surface area contributed by atoms with E-state index in [1.54, 1.807) is 16.7 Å². The highest BCUT2D eigenvalue weighted by molar-refractivity contribution is 7.15. The molecule has 0 aromatic carbocycles. The fourth-order valence-corrected chi connectivity index (χ4v) is 3.69. The van der Waals surface area contributed by atoms with Gasteiger partial charge in [-0.3, -0.25) is 14.1 Å². The summed E-state index contributed by atoms with van der Waals surface area (Å²) >= 11 is 1.51. The number of rotatable bonds is 4. The predicted octanol–water partition coefficient (Wildman–Crippen LogP) is 1.61. The molecule has 2 aromatic heterocycles. The van der Waals surface area contributed by atoms with Crippen molar-refractivity contribution in [2.24, 2.45) is 5.92 Å². The summed E-state index contributed by atoms with van der Waals surface area (Å²) in [5, 5.41) is 5.16. The van der Waals surface area contributed by atoms with Crippen LogP contribution in [0.1, 0.15) is 18.5 Å². The second-order valence-corrected chi connectivity index (χ2v) is 6.32. The van der Waals surface area contributed by atoms with Crippen molar-refractivity contribution < 1.29 is 0 Å². The third-order valence-electron chi connectivity index (χ3n) is 3.84. The van der Waals surface area contributed by atoms with Gasteiger partial charge in [0.25, 0.3) is 5.56 Å². The first kappa shape index (κ1) is 16.4. The van der Waals surface area contributed by atoms with E-state index in [0.717, 1.165) is 36.8 Å². The Labute approximate surface area is 134 Å². The molecule has 1 N–H and O–H groups in total. The minimum absolute atomic E-state index is 0. The molecule has 0 aliphatic carbocycles. The molecule has 0 bridgehead atoms. The molecule has 21 heavy (non-hydrogen) atoms. The average molecular weight is 329 g/mol. The maximum Gasteiger partial charge on any atom is 0.258 e. The molecular weight excluding hydrogens is 308 g/mol. The number of halogens is 1. The molecule has 1 aliphatic heterocycles. The first-order chi connectivity index (χ1) is 9.76. The van der Waals surface area contributed by atoms with Crippen LogP contribution in [-0.4, -0.2) is 41.0 Å².